The minimum absolute atomic E-state index is 0.0902. The fourth-order valence-electron chi connectivity index (χ4n) is 4.17. The van der Waals surface area contributed by atoms with Crippen molar-refractivity contribution in [2.45, 2.75) is 50.7 Å². The molecule has 1 heterocycles. The van der Waals surface area contributed by atoms with Gasteiger partial charge in [-0.15, -0.1) is 0 Å². The van der Waals surface area contributed by atoms with Gasteiger partial charge in [-0.3, -0.25) is 19.2 Å². The van der Waals surface area contributed by atoms with Crippen LogP contribution in [0.25, 0.3) is 0 Å². The third kappa shape index (κ3) is 6.57. The SMILES string of the molecule is CC(=O)N[C@@H](Cc1ccc(O)cc1)C(=O)N[C@@H](Cc1ccccc1)C(=O)N1CCC[C@H]1C(N)=O. The number of primary amides is 1. The van der Waals surface area contributed by atoms with Gasteiger partial charge < -0.3 is 26.4 Å². The highest BCUT2D eigenvalue weighted by Crippen LogP contribution is 2.19. The first-order valence-corrected chi connectivity index (χ1v) is 11.2. The average molecular weight is 467 g/mol. The Balaban J connectivity index is 1.82. The van der Waals surface area contributed by atoms with Gasteiger partial charge in [0.25, 0.3) is 0 Å². The van der Waals surface area contributed by atoms with Crippen molar-refractivity contribution in [3.05, 3.63) is 65.7 Å². The van der Waals surface area contributed by atoms with E-state index in [-0.39, 0.29) is 24.5 Å². The molecule has 0 saturated carbocycles. The summed E-state index contributed by atoms with van der Waals surface area (Å²) < 4.78 is 0. The van der Waals surface area contributed by atoms with Gasteiger partial charge >= 0.3 is 0 Å². The molecule has 9 heteroatoms. The number of carbonyl (C=O) groups is 4. The summed E-state index contributed by atoms with van der Waals surface area (Å²) in [6.07, 6.45) is 1.54. The van der Waals surface area contributed by atoms with Crippen LogP contribution >= 0.6 is 0 Å². The van der Waals surface area contributed by atoms with Crippen LogP contribution in [0.15, 0.2) is 54.6 Å². The number of nitrogens with one attached hydrogen (secondary N) is 2. The third-order valence-corrected chi connectivity index (χ3v) is 5.83. The lowest BCUT2D eigenvalue weighted by atomic mass is 10.0. The first kappa shape index (κ1) is 24.8. The van der Waals surface area contributed by atoms with Gasteiger partial charge in [0.15, 0.2) is 0 Å². The number of hydrogen-bond acceptors (Lipinski definition) is 5. The zero-order valence-corrected chi connectivity index (χ0v) is 19.1. The molecule has 34 heavy (non-hydrogen) atoms. The number of carbonyl (C=O) groups excluding carboxylic acids is 4. The largest absolute Gasteiger partial charge is 0.508 e. The summed E-state index contributed by atoms with van der Waals surface area (Å²) in [5.74, 6) is -1.78. The minimum atomic E-state index is -0.939. The molecule has 0 aromatic heterocycles. The molecule has 0 bridgehead atoms. The average Bonchev–Trinajstić information content (AvgIpc) is 3.30. The number of nitrogens with two attached hydrogens (primary N) is 1. The second-order valence-electron chi connectivity index (χ2n) is 8.47. The van der Waals surface area contributed by atoms with E-state index in [1.807, 2.05) is 30.3 Å². The Bertz CT molecular complexity index is 1030. The molecule has 1 aliphatic heterocycles. The van der Waals surface area contributed by atoms with Crippen LogP contribution in [-0.2, 0) is 32.0 Å². The lowest BCUT2D eigenvalue weighted by molar-refractivity contribution is -0.141. The summed E-state index contributed by atoms with van der Waals surface area (Å²) in [5, 5.41) is 14.9. The lowest BCUT2D eigenvalue weighted by Gasteiger charge is -2.29. The second kappa shape index (κ2) is 11.3. The molecule has 4 amide bonds. The molecule has 9 nitrogen and oxygen atoms in total. The van der Waals surface area contributed by atoms with Crippen LogP contribution in [-0.4, -0.2) is 58.3 Å². The van der Waals surface area contributed by atoms with Crippen molar-refractivity contribution >= 4 is 23.6 Å². The van der Waals surface area contributed by atoms with Gasteiger partial charge in [0.05, 0.1) is 0 Å². The number of phenolic OH excluding ortho intramolecular Hbond substituents is 1. The van der Waals surface area contributed by atoms with Gasteiger partial charge in [-0.05, 0) is 36.1 Å². The molecule has 0 spiro atoms. The summed E-state index contributed by atoms with van der Waals surface area (Å²) in [7, 11) is 0. The van der Waals surface area contributed by atoms with Gasteiger partial charge in [-0.1, -0.05) is 42.5 Å². The van der Waals surface area contributed by atoms with Crippen molar-refractivity contribution in [1.82, 2.24) is 15.5 Å². The van der Waals surface area contributed by atoms with Crippen LogP contribution in [0.1, 0.15) is 30.9 Å². The van der Waals surface area contributed by atoms with Crippen LogP contribution in [0.5, 0.6) is 5.75 Å². The van der Waals surface area contributed by atoms with Crippen molar-refractivity contribution in [3.8, 4) is 5.75 Å². The number of hydrogen-bond donors (Lipinski definition) is 4. The molecular weight excluding hydrogens is 436 g/mol. The number of benzene rings is 2. The molecule has 1 aliphatic rings. The van der Waals surface area contributed by atoms with E-state index in [1.54, 1.807) is 12.1 Å². The number of rotatable bonds is 9. The molecule has 1 fully saturated rings. The highest BCUT2D eigenvalue weighted by molar-refractivity contribution is 5.94. The van der Waals surface area contributed by atoms with Gasteiger partial charge in [0.1, 0.15) is 23.9 Å². The van der Waals surface area contributed by atoms with Gasteiger partial charge in [-0.25, -0.2) is 0 Å². The number of likely N-dealkylation sites (tertiary alicyclic amines) is 1. The molecule has 180 valence electrons. The van der Waals surface area contributed by atoms with E-state index in [9.17, 15) is 24.3 Å². The fourth-order valence-corrected chi connectivity index (χ4v) is 4.17. The predicted octanol–water partition coefficient (Wildman–Crippen LogP) is 0.643. The van der Waals surface area contributed by atoms with Crippen molar-refractivity contribution in [2.24, 2.45) is 5.73 Å². The Labute approximate surface area is 198 Å². The fraction of sp³-hybridized carbons (Fsp3) is 0.360. The number of phenols is 1. The Kier molecular flexibility index (Phi) is 8.24. The molecule has 0 aliphatic carbocycles. The van der Waals surface area contributed by atoms with E-state index in [1.165, 1.54) is 24.0 Å². The molecule has 2 aromatic carbocycles. The smallest absolute Gasteiger partial charge is 0.246 e. The first-order valence-electron chi connectivity index (χ1n) is 11.2. The first-order chi connectivity index (χ1) is 16.2. The summed E-state index contributed by atoms with van der Waals surface area (Å²) in [5.41, 5.74) is 7.06. The topological polar surface area (TPSA) is 142 Å². The summed E-state index contributed by atoms with van der Waals surface area (Å²) in [6, 6.07) is 13.0. The Morgan fingerprint density at radius 1 is 0.971 bits per heavy atom. The van der Waals surface area contributed by atoms with Gasteiger partial charge in [0.2, 0.25) is 23.6 Å². The zero-order valence-electron chi connectivity index (χ0n) is 19.1. The Morgan fingerprint density at radius 3 is 2.21 bits per heavy atom. The highest BCUT2D eigenvalue weighted by Gasteiger charge is 2.37. The molecule has 0 unspecified atom stereocenters. The zero-order chi connectivity index (χ0) is 24.7. The molecule has 3 atom stereocenters. The maximum absolute atomic E-state index is 13.4. The normalized spacial score (nSPS) is 17.0. The maximum atomic E-state index is 13.4. The third-order valence-electron chi connectivity index (χ3n) is 5.83. The van der Waals surface area contributed by atoms with Crippen LogP contribution in [0.3, 0.4) is 0 Å². The van der Waals surface area contributed by atoms with Crippen molar-refractivity contribution in [2.75, 3.05) is 6.54 Å². The van der Waals surface area contributed by atoms with Crippen molar-refractivity contribution in [1.29, 1.82) is 0 Å². The molecule has 5 N–H and O–H groups in total. The van der Waals surface area contributed by atoms with E-state index in [4.69, 9.17) is 5.73 Å². The van der Waals surface area contributed by atoms with Crippen LogP contribution in [0.2, 0.25) is 0 Å². The molecule has 0 radical (unpaired) electrons. The van der Waals surface area contributed by atoms with E-state index in [0.29, 0.717) is 19.4 Å². The van der Waals surface area contributed by atoms with E-state index < -0.39 is 35.8 Å². The summed E-state index contributed by atoms with van der Waals surface area (Å²) in [4.78, 5) is 51.7. The van der Waals surface area contributed by atoms with E-state index >= 15 is 0 Å². The highest BCUT2D eigenvalue weighted by atomic mass is 16.3. The number of amides is 4. The van der Waals surface area contributed by atoms with E-state index in [0.717, 1.165) is 11.1 Å². The van der Waals surface area contributed by atoms with Crippen LogP contribution < -0.4 is 16.4 Å². The predicted molar refractivity (Wildman–Crippen MR) is 125 cm³/mol. The standard InChI is InChI=1S/C25H30N4O5/c1-16(30)27-20(14-18-9-11-19(31)12-10-18)24(33)28-21(15-17-6-3-2-4-7-17)25(34)29-13-5-8-22(29)23(26)32/h2-4,6-7,9-12,20-22,31H,5,8,13-15H2,1H3,(H2,26,32)(H,27,30)(H,28,33)/t20-,21-,22-/m0/s1. The summed E-state index contributed by atoms with van der Waals surface area (Å²) in [6.45, 7) is 1.70. The number of nitrogens with zero attached hydrogens (tertiary/aromatic N) is 1. The number of aromatic hydroxyl groups is 1. The van der Waals surface area contributed by atoms with Crippen molar-refractivity contribution < 1.29 is 24.3 Å². The van der Waals surface area contributed by atoms with Crippen molar-refractivity contribution in [3.63, 3.8) is 0 Å². The minimum Gasteiger partial charge on any atom is -0.508 e. The van der Waals surface area contributed by atoms with Gasteiger partial charge in [0, 0.05) is 26.3 Å². The summed E-state index contributed by atoms with van der Waals surface area (Å²) >= 11 is 0. The Morgan fingerprint density at radius 2 is 1.59 bits per heavy atom. The molecule has 2 aromatic rings. The monoisotopic (exact) mass is 466 g/mol. The maximum Gasteiger partial charge on any atom is 0.246 e. The molecule has 1 saturated heterocycles. The molecular formula is C25H30N4O5. The van der Waals surface area contributed by atoms with Gasteiger partial charge in [-0.2, -0.15) is 0 Å². The quantitative estimate of drug-likeness (QED) is 0.429. The van der Waals surface area contributed by atoms with Crippen LogP contribution in [0.4, 0.5) is 0 Å². The Hall–Kier alpha value is -3.88. The molecule has 3 rings (SSSR count). The van der Waals surface area contributed by atoms with E-state index in [2.05, 4.69) is 10.6 Å². The second-order valence-corrected chi connectivity index (χ2v) is 8.47. The van der Waals surface area contributed by atoms with Crippen LogP contribution in [0, 0.1) is 0 Å². The lowest BCUT2D eigenvalue weighted by Crippen LogP contribution is -2.57.